The minimum absolute atomic E-state index is 0.00515. The number of hydrogen-bond acceptors (Lipinski definition) is 7. The summed E-state index contributed by atoms with van der Waals surface area (Å²) in [5.41, 5.74) is 7.66. The Morgan fingerprint density at radius 3 is 2.14 bits per heavy atom. The highest BCUT2D eigenvalue weighted by Crippen LogP contribution is 2.42. The molecule has 254 valence electrons. The van der Waals surface area contributed by atoms with Gasteiger partial charge in [0.1, 0.15) is 0 Å². The van der Waals surface area contributed by atoms with Crippen LogP contribution in [0, 0.1) is 5.92 Å². The third-order valence-electron chi connectivity index (χ3n) is 9.75. The van der Waals surface area contributed by atoms with E-state index in [4.69, 9.17) is 9.47 Å². The molecule has 1 aromatic heterocycles. The molecule has 4 unspecified atom stereocenters. The number of aliphatic hydroxyl groups is 1. The number of likely N-dealkylation sites (N-methyl/N-ethyl adjacent to an activating group) is 1. The fraction of sp³-hybridized carbons (Fsp3) is 0.262. The second-order valence-electron chi connectivity index (χ2n) is 13.2. The van der Waals surface area contributed by atoms with Crippen LogP contribution in [0.4, 0.5) is 0 Å². The fourth-order valence-corrected chi connectivity index (χ4v) is 6.83. The Labute approximate surface area is 292 Å². The van der Waals surface area contributed by atoms with E-state index in [9.17, 15) is 14.7 Å². The molecule has 7 rings (SSSR count). The van der Waals surface area contributed by atoms with E-state index in [1.165, 1.54) is 4.90 Å². The summed E-state index contributed by atoms with van der Waals surface area (Å²) < 4.78 is 13.4. The monoisotopic (exact) mass is 667 g/mol. The van der Waals surface area contributed by atoms with Gasteiger partial charge in [-0.05, 0) is 65.2 Å². The van der Waals surface area contributed by atoms with E-state index in [2.05, 4.69) is 42.1 Å². The van der Waals surface area contributed by atoms with Crippen molar-refractivity contribution in [2.24, 2.45) is 5.92 Å². The van der Waals surface area contributed by atoms with Crippen molar-refractivity contribution in [1.82, 2.24) is 14.8 Å². The minimum atomic E-state index is -0.572. The van der Waals surface area contributed by atoms with Gasteiger partial charge < -0.3 is 19.5 Å². The first-order valence-corrected chi connectivity index (χ1v) is 17.1. The van der Waals surface area contributed by atoms with Gasteiger partial charge in [-0.15, -0.1) is 0 Å². The summed E-state index contributed by atoms with van der Waals surface area (Å²) in [6, 6.07) is 37.1. The van der Waals surface area contributed by atoms with Crippen LogP contribution in [0.1, 0.15) is 68.0 Å². The molecule has 8 heteroatoms. The number of rotatable bonds is 11. The lowest BCUT2D eigenvalue weighted by Gasteiger charge is -2.42. The smallest absolute Gasteiger partial charge is 0.261 e. The summed E-state index contributed by atoms with van der Waals surface area (Å²) in [6.45, 7) is 3.96. The van der Waals surface area contributed by atoms with Crippen molar-refractivity contribution < 1.29 is 24.2 Å². The maximum absolute atomic E-state index is 13.0. The highest BCUT2D eigenvalue weighted by Gasteiger charge is 2.39. The maximum Gasteiger partial charge on any atom is 0.261 e. The van der Waals surface area contributed by atoms with Crippen LogP contribution in [-0.4, -0.2) is 57.9 Å². The molecule has 0 bridgehead atoms. The largest absolute Gasteiger partial charge is 0.392 e. The predicted octanol–water partition coefficient (Wildman–Crippen LogP) is 7.00. The third-order valence-corrected chi connectivity index (χ3v) is 9.75. The van der Waals surface area contributed by atoms with E-state index in [1.807, 2.05) is 79.0 Å². The van der Waals surface area contributed by atoms with Crippen LogP contribution in [0.3, 0.4) is 0 Å². The molecule has 2 aliphatic heterocycles. The van der Waals surface area contributed by atoms with Crippen LogP contribution in [0.2, 0.25) is 0 Å². The Balaban J connectivity index is 1.08. The average Bonchev–Trinajstić information content (AvgIpc) is 3.40. The zero-order valence-electron chi connectivity index (χ0n) is 28.3. The second-order valence-corrected chi connectivity index (χ2v) is 13.2. The average molecular weight is 668 g/mol. The topological polar surface area (TPSA) is 92.2 Å². The van der Waals surface area contributed by atoms with Gasteiger partial charge in [0.25, 0.3) is 11.8 Å². The molecule has 0 saturated carbocycles. The number of aliphatic hydroxyl groups excluding tert-OH is 1. The number of imide groups is 1. The van der Waals surface area contributed by atoms with Gasteiger partial charge in [0.15, 0.2) is 6.29 Å². The minimum Gasteiger partial charge on any atom is -0.392 e. The molecular weight excluding hydrogens is 626 g/mol. The first kappa shape index (κ1) is 33.5. The summed E-state index contributed by atoms with van der Waals surface area (Å²) in [7, 11) is 2.12. The Morgan fingerprint density at radius 1 is 0.760 bits per heavy atom. The SMILES string of the molecule is CC1C(CN(C)CCc2ccccn2)OC(c2ccc(-c3cccc(CN4C(=O)c5ccccc5C4=O)c3)cc2)OC1c1ccc(CO)cc1. The van der Waals surface area contributed by atoms with Crippen molar-refractivity contribution >= 4 is 11.8 Å². The van der Waals surface area contributed by atoms with Crippen molar-refractivity contribution in [1.29, 1.82) is 0 Å². The molecule has 0 radical (unpaired) electrons. The highest BCUT2D eigenvalue weighted by molar-refractivity contribution is 6.21. The molecule has 1 saturated heterocycles. The standard InChI is InChI=1S/C42H41N3O5/c1-28-38(26-44(2)23-21-35-10-5-6-22-43-35)49-42(50-39(28)32-15-13-29(27-46)14-16-32)33-19-17-31(18-20-33)34-9-7-8-30(24-34)25-45-40(47)36-11-3-4-12-37(36)41(45)48/h3-20,22,24,28,38-39,42,46H,21,23,25-27H2,1-2H3. The number of pyridine rings is 1. The van der Waals surface area contributed by atoms with Crippen molar-refractivity contribution in [2.75, 3.05) is 20.1 Å². The molecule has 2 aliphatic rings. The normalized spacial score (nSPS) is 20.4. The summed E-state index contributed by atoms with van der Waals surface area (Å²) >= 11 is 0. The van der Waals surface area contributed by atoms with Crippen LogP contribution in [-0.2, 0) is 29.0 Å². The lowest BCUT2D eigenvalue weighted by molar-refractivity contribution is -0.275. The summed E-state index contributed by atoms with van der Waals surface area (Å²) in [6.07, 6.45) is 1.82. The summed E-state index contributed by atoms with van der Waals surface area (Å²) in [5.74, 6) is -0.447. The van der Waals surface area contributed by atoms with Crippen molar-refractivity contribution in [2.45, 2.75) is 45.0 Å². The third kappa shape index (κ3) is 7.15. The van der Waals surface area contributed by atoms with E-state index in [-0.39, 0.29) is 43.1 Å². The van der Waals surface area contributed by atoms with Gasteiger partial charge in [-0.2, -0.15) is 0 Å². The number of nitrogens with zero attached hydrogens (tertiary/aromatic N) is 3. The zero-order valence-corrected chi connectivity index (χ0v) is 28.3. The molecule has 1 N–H and O–H groups in total. The van der Waals surface area contributed by atoms with Crippen LogP contribution < -0.4 is 0 Å². The summed E-state index contributed by atoms with van der Waals surface area (Å²) in [4.78, 5) is 34.0. The van der Waals surface area contributed by atoms with Crippen molar-refractivity contribution in [3.63, 3.8) is 0 Å². The Morgan fingerprint density at radius 2 is 1.46 bits per heavy atom. The molecule has 4 atom stereocenters. The number of aromatic nitrogens is 1. The van der Waals surface area contributed by atoms with E-state index in [0.717, 1.165) is 58.6 Å². The van der Waals surface area contributed by atoms with Gasteiger partial charge in [0.2, 0.25) is 0 Å². The van der Waals surface area contributed by atoms with Crippen LogP contribution in [0.25, 0.3) is 11.1 Å². The molecule has 3 heterocycles. The molecular formula is C42H41N3O5. The molecule has 2 amide bonds. The number of amides is 2. The van der Waals surface area contributed by atoms with Crippen molar-refractivity contribution in [3.8, 4) is 11.1 Å². The van der Waals surface area contributed by atoms with E-state index in [0.29, 0.717) is 11.1 Å². The molecule has 1 fully saturated rings. The lowest BCUT2D eigenvalue weighted by atomic mass is 9.90. The molecule has 0 aliphatic carbocycles. The number of fused-ring (bicyclic) bond motifs is 1. The Kier molecular flexibility index (Phi) is 9.96. The van der Waals surface area contributed by atoms with Gasteiger partial charge in [-0.1, -0.05) is 91.9 Å². The first-order chi connectivity index (χ1) is 24.4. The van der Waals surface area contributed by atoms with Gasteiger partial charge in [0, 0.05) is 42.9 Å². The zero-order chi connectivity index (χ0) is 34.6. The van der Waals surface area contributed by atoms with E-state index in [1.54, 1.807) is 24.3 Å². The van der Waals surface area contributed by atoms with Gasteiger partial charge >= 0.3 is 0 Å². The number of hydrogen-bond donors (Lipinski definition) is 1. The lowest BCUT2D eigenvalue weighted by Crippen LogP contribution is -2.43. The number of carbonyl (C=O) groups is 2. The Bertz CT molecular complexity index is 1910. The summed E-state index contributed by atoms with van der Waals surface area (Å²) in [5, 5.41) is 9.60. The molecule has 4 aromatic carbocycles. The van der Waals surface area contributed by atoms with E-state index < -0.39 is 6.29 Å². The number of ether oxygens (including phenoxy) is 2. The number of benzene rings is 4. The highest BCUT2D eigenvalue weighted by atomic mass is 16.7. The molecule has 50 heavy (non-hydrogen) atoms. The quantitative estimate of drug-likeness (QED) is 0.152. The van der Waals surface area contributed by atoms with Gasteiger partial charge in [0.05, 0.1) is 36.5 Å². The number of carbonyl (C=O) groups excluding carboxylic acids is 2. The molecule has 8 nitrogen and oxygen atoms in total. The van der Waals surface area contributed by atoms with Gasteiger partial charge in [-0.3, -0.25) is 19.5 Å². The van der Waals surface area contributed by atoms with Gasteiger partial charge in [-0.25, -0.2) is 0 Å². The first-order valence-electron chi connectivity index (χ1n) is 17.1. The van der Waals surface area contributed by atoms with Crippen LogP contribution in [0.5, 0.6) is 0 Å². The predicted molar refractivity (Wildman–Crippen MR) is 191 cm³/mol. The van der Waals surface area contributed by atoms with E-state index >= 15 is 0 Å². The molecule has 5 aromatic rings. The molecule has 0 spiro atoms. The maximum atomic E-state index is 13.0. The van der Waals surface area contributed by atoms with Crippen LogP contribution in [0.15, 0.2) is 121 Å². The Hall–Kier alpha value is -4.99. The van der Waals surface area contributed by atoms with Crippen LogP contribution >= 0.6 is 0 Å². The van der Waals surface area contributed by atoms with Crippen molar-refractivity contribution in [3.05, 3.63) is 161 Å². The second kappa shape index (κ2) is 14.9. The fourth-order valence-electron chi connectivity index (χ4n) is 6.83.